The summed E-state index contributed by atoms with van der Waals surface area (Å²) in [5.41, 5.74) is 0.781. The predicted octanol–water partition coefficient (Wildman–Crippen LogP) is 3.04. The number of aromatic nitrogens is 1. The third kappa shape index (κ3) is 4.46. The summed E-state index contributed by atoms with van der Waals surface area (Å²) in [7, 11) is -3.74. The fraction of sp³-hybridized carbons (Fsp3) is 0.364. The van der Waals surface area contributed by atoms with Crippen LogP contribution in [0.2, 0.25) is 0 Å². The molecule has 8 nitrogen and oxygen atoms in total. The van der Waals surface area contributed by atoms with E-state index in [0.717, 1.165) is 11.0 Å². The van der Waals surface area contributed by atoms with Crippen LogP contribution in [-0.2, 0) is 21.4 Å². The smallest absolute Gasteiger partial charge is 0.408 e. The molecule has 1 fully saturated rings. The topological polar surface area (TPSA) is 102 Å². The lowest BCUT2D eigenvalue weighted by molar-refractivity contribution is -0.116. The summed E-state index contributed by atoms with van der Waals surface area (Å²) >= 11 is 0. The molecule has 170 valence electrons. The van der Waals surface area contributed by atoms with E-state index < -0.39 is 27.5 Å². The van der Waals surface area contributed by atoms with Crippen molar-refractivity contribution in [3.05, 3.63) is 58.8 Å². The molecular formula is C22H24FN3O5S. The fourth-order valence-electron chi connectivity index (χ4n) is 4.19. The molecule has 32 heavy (non-hydrogen) atoms. The van der Waals surface area contributed by atoms with Gasteiger partial charge in [-0.2, -0.15) is 4.31 Å². The molecule has 0 saturated carbocycles. The molecule has 2 heterocycles. The number of nitrogens with one attached hydrogen (secondary N) is 1. The summed E-state index contributed by atoms with van der Waals surface area (Å²) in [5.74, 6) is -1.19. The van der Waals surface area contributed by atoms with Gasteiger partial charge in [0, 0.05) is 24.8 Å². The Morgan fingerprint density at radius 1 is 1.12 bits per heavy atom. The number of oxazole rings is 1. The highest BCUT2D eigenvalue weighted by Gasteiger charge is 2.32. The summed E-state index contributed by atoms with van der Waals surface area (Å²) in [6.45, 7) is 4.60. The molecule has 0 aliphatic carbocycles. The zero-order valence-corrected chi connectivity index (χ0v) is 18.6. The van der Waals surface area contributed by atoms with Gasteiger partial charge in [-0.05, 0) is 54.7 Å². The van der Waals surface area contributed by atoms with Gasteiger partial charge in [0.25, 0.3) is 0 Å². The first-order valence-corrected chi connectivity index (χ1v) is 11.8. The van der Waals surface area contributed by atoms with Gasteiger partial charge < -0.3 is 9.73 Å². The maximum Gasteiger partial charge on any atom is 0.420 e. The van der Waals surface area contributed by atoms with Gasteiger partial charge in [-0.1, -0.05) is 13.8 Å². The molecule has 2 aromatic carbocycles. The molecule has 4 rings (SSSR count). The standard InChI is InChI=1S/C22H24FN3O5S/c1-14-9-15(2)12-25(11-14)32(29,30)18-7-8-19-20(10-18)31-22(28)26(19)13-21(27)24-17-5-3-16(23)4-6-17/h3-8,10,14-15H,9,11-13H2,1-2H3,(H,24,27)/t14-,15-/m1/s1. The van der Waals surface area contributed by atoms with Crippen LogP contribution in [0.15, 0.2) is 56.6 Å². The second-order valence-corrected chi connectivity index (χ2v) is 10.3. The molecule has 1 N–H and O–H groups in total. The lowest BCUT2D eigenvalue weighted by Crippen LogP contribution is -2.42. The first kappa shape index (κ1) is 22.2. The zero-order valence-electron chi connectivity index (χ0n) is 17.7. The lowest BCUT2D eigenvalue weighted by Gasteiger charge is -2.34. The second-order valence-electron chi connectivity index (χ2n) is 8.41. The van der Waals surface area contributed by atoms with Crippen molar-refractivity contribution < 1.29 is 22.0 Å². The number of sulfonamides is 1. The Morgan fingerprint density at radius 2 is 1.78 bits per heavy atom. The highest BCUT2D eigenvalue weighted by atomic mass is 32.2. The quantitative estimate of drug-likeness (QED) is 0.629. The number of amides is 1. The Morgan fingerprint density at radius 3 is 2.44 bits per heavy atom. The number of hydrogen-bond donors (Lipinski definition) is 1. The first-order valence-electron chi connectivity index (χ1n) is 10.3. The predicted molar refractivity (Wildman–Crippen MR) is 117 cm³/mol. The van der Waals surface area contributed by atoms with E-state index in [4.69, 9.17) is 4.42 Å². The molecule has 0 bridgehead atoms. The van der Waals surface area contributed by atoms with Crippen molar-refractivity contribution in [2.75, 3.05) is 18.4 Å². The summed E-state index contributed by atoms with van der Waals surface area (Å²) in [5, 5.41) is 2.58. The average molecular weight is 462 g/mol. The number of carbonyl (C=O) groups excluding carboxylic acids is 1. The Hall–Kier alpha value is -2.98. The number of fused-ring (bicyclic) bond motifs is 1. The van der Waals surface area contributed by atoms with Gasteiger partial charge in [0.2, 0.25) is 15.9 Å². The zero-order chi connectivity index (χ0) is 23.0. The summed E-state index contributed by atoms with van der Waals surface area (Å²) in [4.78, 5) is 24.7. The van der Waals surface area contributed by atoms with Gasteiger partial charge in [-0.3, -0.25) is 9.36 Å². The number of benzene rings is 2. The highest BCUT2D eigenvalue weighted by Crippen LogP contribution is 2.28. The van der Waals surface area contributed by atoms with Crippen LogP contribution < -0.4 is 11.1 Å². The number of rotatable bonds is 5. The normalized spacial score (nSPS) is 19.8. The van der Waals surface area contributed by atoms with E-state index in [9.17, 15) is 22.4 Å². The molecule has 1 amide bonds. The van der Waals surface area contributed by atoms with E-state index >= 15 is 0 Å². The minimum absolute atomic E-state index is 0.0444. The Kier molecular flexibility index (Phi) is 5.91. The maximum absolute atomic E-state index is 13.1. The summed E-state index contributed by atoms with van der Waals surface area (Å²) in [6.07, 6.45) is 0.975. The van der Waals surface area contributed by atoms with Crippen molar-refractivity contribution in [1.29, 1.82) is 0 Å². The molecular weight excluding hydrogens is 437 g/mol. The van der Waals surface area contributed by atoms with Crippen molar-refractivity contribution in [2.45, 2.75) is 31.7 Å². The van der Waals surface area contributed by atoms with Crippen molar-refractivity contribution in [1.82, 2.24) is 8.87 Å². The monoisotopic (exact) mass is 461 g/mol. The van der Waals surface area contributed by atoms with Crippen molar-refractivity contribution in [3.8, 4) is 0 Å². The molecule has 1 aliphatic rings. The van der Waals surface area contributed by atoms with Crippen LogP contribution in [0.1, 0.15) is 20.3 Å². The number of piperidine rings is 1. The molecule has 1 aliphatic heterocycles. The molecule has 10 heteroatoms. The number of nitrogens with zero attached hydrogens (tertiary/aromatic N) is 2. The van der Waals surface area contributed by atoms with Gasteiger partial charge >= 0.3 is 5.76 Å². The molecule has 1 saturated heterocycles. The molecule has 3 aromatic rings. The third-order valence-electron chi connectivity index (χ3n) is 5.54. The molecule has 0 radical (unpaired) electrons. The minimum Gasteiger partial charge on any atom is -0.408 e. The fourth-order valence-corrected chi connectivity index (χ4v) is 5.88. The van der Waals surface area contributed by atoms with Gasteiger partial charge in [-0.25, -0.2) is 17.6 Å². The van der Waals surface area contributed by atoms with Crippen molar-refractivity contribution in [3.63, 3.8) is 0 Å². The van der Waals surface area contributed by atoms with E-state index in [0.29, 0.717) is 24.3 Å². The maximum atomic E-state index is 13.1. The summed E-state index contributed by atoms with van der Waals surface area (Å²) in [6, 6.07) is 9.44. The van der Waals surface area contributed by atoms with Crippen molar-refractivity contribution >= 4 is 32.7 Å². The summed E-state index contributed by atoms with van der Waals surface area (Å²) < 4.78 is 47.1. The molecule has 2 atom stereocenters. The van der Waals surface area contributed by atoms with Crippen LogP contribution in [0, 0.1) is 17.7 Å². The van der Waals surface area contributed by atoms with Crippen LogP contribution in [0.4, 0.5) is 10.1 Å². The van der Waals surface area contributed by atoms with Gasteiger partial charge in [0.05, 0.1) is 10.4 Å². The van der Waals surface area contributed by atoms with Crippen LogP contribution in [0.25, 0.3) is 11.1 Å². The Balaban J connectivity index is 1.58. The minimum atomic E-state index is -3.74. The number of anilines is 1. The number of hydrogen-bond acceptors (Lipinski definition) is 5. The Bertz CT molecular complexity index is 1300. The highest BCUT2D eigenvalue weighted by molar-refractivity contribution is 7.89. The largest absolute Gasteiger partial charge is 0.420 e. The van der Waals surface area contributed by atoms with Gasteiger partial charge in [0.15, 0.2) is 5.58 Å². The van der Waals surface area contributed by atoms with Crippen molar-refractivity contribution in [2.24, 2.45) is 11.8 Å². The number of halogens is 1. The van der Waals surface area contributed by atoms with E-state index in [-0.39, 0.29) is 28.9 Å². The van der Waals surface area contributed by atoms with E-state index in [1.54, 1.807) is 0 Å². The SMILES string of the molecule is C[C@@H]1C[C@@H](C)CN(S(=O)(=O)c2ccc3c(c2)oc(=O)n3CC(=O)Nc2ccc(F)cc2)C1. The average Bonchev–Trinajstić information content (AvgIpc) is 3.03. The van der Waals surface area contributed by atoms with Crippen LogP contribution in [0.3, 0.4) is 0 Å². The lowest BCUT2D eigenvalue weighted by atomic mass is 9.94. The molecule has 0 spiro atoms. The van der Waals surface area contributed by atoms with Gasteiger partial charge in [0.1, 0.15) is 12.4 Å². The van der Waals surface area contributed by atoms with Crippen LogP contribution in [0.5, 0.6) is 0 Å². The Labute approximate surface area is 184 Å². The third-order valence-corrected chi connectivity index (χ3v) is 7.37. The second kappa shape index (κ2) is 8.51. The van der Waals surface area contributed by atoms with E-state index in [2.05, 4.69) is 5.32 Å². The van der Waals surface area contributed by atoms with Crippen LogP contribution in [-0.4, -0.2) is 36.3 Å². The van der Waals surface area contributed by atoms with Gasteiger partial charge in [-0.15, -0.1) is 0 Å². The van der Waals surface area contributed by atoms with E-state index in [1.807, 2.05) is 13.8 Å². The first-order chi connectivity index (χ1) is 15.1. The number of carbonyl (C=O) groups is 1. The molecule has 0 unspecified atom stereocenters. The van der Waals surface area contributed by atoms with E-state index in [1.165, 1.54) is 46.8 Å². The molecule has 1 aromatic heterocycles. The van der Waals surface area contributed by atoms with Crippen LogP contribution >= 0.6 is 0 Å².